The molecule has 0 saturated carbocycles. The molecule has 0 bridgehead atoms. The summed E-state index contributed by atoms with van der Waals surface area (Å²) in [5.74, 6) is 0.620. The molecule has 0 spiro atoms. The summed E-state index contributed by atoms with van der Waals surface area (Å²) in [5, 5.41) is 2.98. The molecule has 5 rings (SSSR count). The van der Waals surface area contributed by atoms with Gasteiger partial charge in [-0.25, -0.2) is 4.98 Å². The zero-order valence-electron chi connectivity index (χ0n) is 20.3. The Bertz CT molecular complexity index is 1330. The molecule has 0 atom stereocenters. The first-order chi connectivity index (χ1) is 17.1. The maximum atomic E-state index is 13.4. The van der Waals surface area contributed by atoms with Gasteiger partial charge in [-0.2, -0.15) is 0 Å². The molecule has 1 amide bonds. The molecule has 1 fully saturated rings. The Kier molecular flexibility index (Phi) is 7.27. The van der Waals surface area contributed by atoms with Crippen LogP contribution in [0.2, 0.25) is 0 Å². The number of hydrogen-bond donors (Lipinski definition) is 0. The van der Waals surface area contributed by atoms with Crippen molar-refractivity contribution >= 4 is 43.4 Å². The topological polar surface area (TPSA) is 54.9 Å². The van der Waals surface area contributed by atoms with E-state index in [4.69, 9.17) is 14.5 Å². The van der Waals surface area contributed by atoms with E-state index in [2.05, 4.69) is 36.9 Å². The summed E-state index contributed by atoms with van der Waals surface area (Å²) in [4.78, 5) is 22.5. The van der Waals surface area contributed by atoms with Gasteiger partial charge < -0.3 is 9.47 Å². The number of thiazole rings is 1. The minimum atomic E-state index is -0.0754. The summed E-state index contributed by atoms with van der Waals surface area (Å²) >= 11 is 1.57. The maximum absolute atomic E-state index is 13.4. The van der Waals surface area contributed by atoms with E-state index in [0.29, 0.717) is 12.3 Å². The SMILES string of the molecule is Cc1ccc2sc(N(CCCN3CCOCC3)C(=O)COc3ccc4ccccc4c3)nc2c1C. The van der Waals surface area contributed by atoms with Crippen LogP contribution in [0.5, 0.6) is 5.75 Å². The number of anilines is 1. The number of carbonyl (C=O) groups excluding carboxylic acids is 1. The van der Waals surface area contributed by atoms with Gasteiger partial charge in [0.15, 0.2) is 11.7 Å². The van der Waals surface area contributed by atoms with E-state index in [1.165, 1.54) is 5.56 Å². The molecule has 0 N–H and O–H groups in total. The normalized spacial score (nSPS) is 14.5. The number of rotatable bonds is 8. The lowest BCUT2D eigenvalue weighted by molar-refractivity contribution is -0.120. The predicted molar refractivity (Wildman–Crippen MR) is 143 cm³/mol. The molecule has 182 valence electrons. The van der Waals surface area contributed by atoms with Crippen LogP contribution in [0.15, 0.2) is 54.6 Å². The molecule has 1 aliphatic heterocycles. The van der Waals surface area contributed by atoms with Crippen molar-refractivity contribution in [1.29, 1.82) is 0 Å². The van der Waals surface area contributed by atoms with Crippen LogP contribution < -0.4 is 9.64 Å². The zero-order chi connectivity index (χ0) is 24.2. The Morgan fingerprint density at radius 3 is 2.71 bits per heavy atom. The number of fused-ring (bicyclic) bond motifs is 2. The van der Waals surface area contributed by atoms with Gasteiger partial charge in [-0.05, 0) is 60.4 Å². The van der Waals surface area contributed by atoms with Crippen LogP contribution in [0.3, 0.4) is 0 Å². The molecule has 0 aliphatic carbocycles. The number of morpholine rings is 1. The largest absolute Gasteiger partial charge is 0.484 e. The van der Waals surface area contributed by atoms with Crippen LogP contribution in [-0.2, 0) is 9.53 Å². The second-order valence-electron chi connectivity index (χ2n) is 9.00. The molecule has 4 aromatic rings. The van der Waals surface area contributed by atoms with E-state index in [9.17, 15) is 4.79 Å². The second-order valence-corrected chi connectivity index (χ2v) is 10.0. The van der Waals surface area contributed by atoms with Crippen LogP contribution in [0.1, 0.15) is 17.5 Å². The van der Waals surface area contributed by atoms with Gasteiger partial charge in [-0.3, -0.25) is 14.6 Å². The number of aryl methyl sites for hydroxylation is 2. The number of hydrogen-bond acceptors (Lipinski definition) is 6. The summed E-state index contributed by atoms with van der Waals surface area (Å²) in [7, 11) is 0. The molecule has 35 heavy (non-hydrogen) atoms. The van der Waals surface area contributed by atoms with Crippen LogP contribution >= 0.6 is 11.3 Å². The molecule has 3 aromatic carbocycles. The standard InChI is InChI=1S/C28H31N3O3S/c1-20-8-11-25-27(21(20)2)29-28(35-25)31(13-5-12-30-14-16-33-17-15-30)26(32)19-34-24-10-9-22-6-3-4-7-23(22)18-24/h3-4,6-11,18H,5,12-17,19H2,1-2H3. The lowest BCUT2D eigenvalue weighted by Crippen LogP contribution is -2.40. The zero-order valence-corrected chi connectivity index (χ0v) is 21.1. The monoisotopic (exact) mass is 489 g/mol. The van der Waals surface area contributed by atoms with E-state index < -0.39 is 0 Å². The van der Waals surface area contributed by atoms with Gasteiger partial charge in [0.05, 0.1) is 23.4 Å². The first-order valence-electron chi connectivity index (χ1n) is 12.2. The minimum Gasteiger partial charge on any atom is -0.484 e. The highest BCUT2D eigenvalue weighted by Crippen LogP contribution is 2.32. The fraction of sp³-hybridized carbons (Fsp3) is 0.357. The first kappa shape index (κ1) is 23.7. The van der Waals surface area contributed by atoms with Crippen LogP contribution in [-0.4, -0.2) is 61.8 Å². The van der Waals surface area contributed by atoms with E-state index in [1.807, 2.05) is 36.4 Å². The molecule has 0 unspecified atom stereocenters. The molecule has 1 aromatic heterocycles. The van der Waals surface area contributed by atoms with Crippen molar-refractivity contribution in [3.63, 3.8) is 0 Å². The van der Waals surface area contributed by atoms with Crippen molar-refractivity contribution in [2.75, 3.05) is 50.9 Å². The number of aromatic nitrogens is 1. The van der Waals surface area contributed by atoms with Gasteiger partial charge in [0.2, 0.25) is 0 Å². The number of benzene rings is 3. The average molecular weight is 490 g/mol. The molecule has 2 heterocycles. The van der Waals surface area contributed by atoms with Gasteiger partial charge in [0.25, 0.3) is 5.91 Å². The van der Waals surface area contributed by atoms with E-state index in [-0.39, 0.29) is 12.5 Å². The lowest BCUT2D eigenvalue weighted by atomic mass is 10.1. The highest BCUT2D eigenvalue weighted by molar-refractivity contribution is 7.22. The van der Waals surface area contributed by atoms with Gasteiger partial charge in [-0.15, -0.1) is 0 Å². The van der Waals surface area contributed by atoms with Crippen molar-refractivity contribution in [3.05, 3.63) is 65.7 Å². The summed E-state index contributed by atoms with van der Waals surface area (Å²) in [6.07, 6.45) is 0.871. The van der Waals surface area contributed by atoms with Crippen LogP contribution in [0.25, 0.3) is 21.0 Å². The Morgan fingerprint density at radius 1 is 1.09 bits per heavy atom. The highest BCUT2D eigenvalue weighted by Gasteiger charge is 2.22. The number of ether oxygens (including phenoxy) is 2. The smallest absolute Gasteiger partial charge is 0.266 e. The third kappa shape index (κ3) is 5.48. The van der Waals surface area contributed by atoms with Crippen molar-refractivity contribution in [3.8, 4) is 5.75 Å². The van der Waals surface area contributed by atoms with Crippen molar-refractivity contribution in [2.24, 2.45) is 0 Å². The van der Waals surface area contributed by atoms with E-state index in [1.54, 1.807) is 16.2 Å². The minimum absolute atomic E-state index is 0.0240. The van der Waals surface area contributed by atoms with Crippen molar-refractivity contribution in [2.45, 2.75) is 20.3 Å². The first-order valence-corrected chi connectivity index (χ1v) is 13.0. The van der Waals surface area contributed by atoms with Gasteiger partial charge in [-0.1, -0.05) is 47.7 Å². The van der Waals surface area contributed by atoms with E-state index >= 15 is 0 Å². The molecular formula is C28H31N3O3S. The number of carbonyl (C=O) groups is 1. The van der Waals surface area contributed by atoms with Crippen LogP contribution in [0, 0.1) is 13.8 Å². The van der Waals surface area contributed by atoms with Crippen LogP contribution in [0.4, 0.5) is 5.13 Å². The molecular weight excluding hydrogens is 458 g/mol. The van der Waals surface area contributed by atoms with Gasteiger partial charge >= 0.3 is 0 Å². The fourth-order valence-corrected chi connectivity index (χ4v) is 5.48. The fourth-order valence-electron chi connectivity index (χ4n) is 4.41. The third-order valence-electron chi connectivity index (χ3n) is 6.65. The third-order valence-corrected chi connectivity index (χ3v) is 7.69. The number of nitrogens with zero attached hydrogens (tertiary/aromatic N) is 3. The summed E-state index contributed by atoms with van der Waals surface area (Å²) in [6.45, 7) is 9.14. The second kappa shape index (κ2) is 10.7. The Morgan fingerprint density at radius 2 is 1.89 bits per heavy atom. The lowest BCUT2D eigenvalue weighted by Gasteiger charge is -2.27. The summed E-state index contributed by atoms with van der Waals surface area (Å²) in [5.41, 5.74) is 3.35. The average Bonchev–Trinajstić information content (AvgIpc) is 3.32. The van der Waals surface area contributed by atoms with Crippen molar-refractivity contribution < 1.29 is 14.3 Å². The molecule has 6 nitrogen and oxygen atoms in total. The predicted octanol–water partition coefficient (Wildman–Crippen LogP) is 5.20. The van der Waals surface area contributed by atoms with Gasteiger partial charge in [0.1, 0.15) is 5.75 Å². The maximum Gasteiger partial charge on any atom is 0.266 e. The molecule has 0 radical (unpaired) electrons. The molecule has 1 aliphatic rings. The Labute approximate surface area is 210 Å². The van der Waals surface area contributed by atoms with Crippen molar-refractivity contribution in [1.82, 2.24) is 9.88 Å². The highest BCUT2D eigenvalue weighted by atomic mass is 32.1. The summed E-state index contributed by atoms with van der Waals surface area (Å²) in [6, 6.07) is 18.3. The summed E-state index contributed by atoms with van der Waals surface area (Å²) < 4.78 is 12.5. The molecule has 1 saturated heterocycles. The van der Waals surface area contributed by atoms with E-state index in [0.717, 1.165) is 71.0 Å². The van der Waals surface area contributed by atoms with Gasteiger partial charge in [0, 0.05) is 26.2 Å². The molecule has 7 heteroatoms. The number of amides is 1. The Balaban J connectivity index is 1.33. The Hall–Kier alpha value is -3.00. The quantitative estimate of drug-likeness (QED) is 0.341.